The monoisotopic (exact) mass is 493 g/mol. The number of thiophene rings is 2. The fourth-order valence-electron chi connectivity index (χ4n) is 4.17. The second-order valence-electron chi connectivity index (χ2n) is 8.15. The first-order valence-electron chi connectivity index (χ1n) is 11.3. The fourth-order valence-corrected chi connectivity index (χ4v) is 5.77. The number of hydrogen-bond acceptors (Lipinski definition) is 8. The van der Waals surface area contributed by atoms with E-state index in [-0.39, 0.29) is 5.91 Å². The Kier molecular flexibility index (Phi) is 7.15. The number of benzene rings is 1. The number of hydrogen-bond donors (Lipinski definition) is 1. The maximum atomic E-state index is 12.2. The van der Waals surface area contributed by atoms with Crippen LogP contribution < -0.4 is 10.2 Å². The van der Waals surface area contributed by atoms with E-state index in [1.54, 1.807) is 29.8 Å². The van der Waals surface area contributed by atoms with Crippen molar-refractivity contribution in [2.24, 2.45) is 0 Å². The van der Waals surface area contributed by atoms with Gasteiger partial charge in [-0.05, 0) is 17.0 Å². The minimum atomic E-state index is 0.0408. The van der Waals surface area contributed by atoms with Gasteiger partial charge >= 0.3 is 0 Å². The SMILES string of the molecule is COCCNC(=O)CN1CCN(c2nc(-c3cccs3)nc3scc(-c4ccccc4)c23)CC1. The number of anilines is 1. The van der Waals surface area contributed by atoms with E-state index in [9.17, 15) is 4.79 Å². The number of rotatable bonds is 8. The molecule has 1 N–H and O–H groups in total. The van der Waals surface area contributed by atoms with Crippen LogP contribution in [0.5, 0.6) is 0 Å². The highest BCUT2D eigenvalue weighted by atomic mass is 32.1. The topological polar surface area (TPSA) is 70.6 Å². The number of nitrogens with one attached hydrogen (secondary N) is 1. The van der Waals surface area contributed by atoms with Crippen molar-refractivity contribution in [1.29, 1.82) is 0 Å². The molecule has 0 radical (unpaired) electrons. The molecule has 4 aromatic rings. The third-order valence-electron chi connectivity index (χ3n) is 5.91. The molecule has 0 unspecified atom stereocenters. The Morgan fingerprint density at radius 3 is 2.62 bits per heavy atom. The number of amides is 1. The van der Waals surface area contributed by atoms with Crippen LogP contribution in [-0.4, -0.2) is 73.8 Å². The van der Waals surface area contributed by atoms with Gasteiger partial charge in [0.1, 0.15) is 10.6 Å². The largest absolute Gasteiger partial charge is 0.383 e. The van der Waals surface area contributed by atoms with Gasteiger partial charge < -0.3 is 15.0 Å². The van der Waals surface area contributed by atoms with Gasteiger partial charge in [0.15, 0.2) is 5.82 Å². The molecule has 1 amide bonds. The Morgan fingerprint density at radius 1 is 1.06 bits per heavy atom. The molecule has 1 aromatic carbocycles. The molecule has 0 aliphatic carbocycles. The Balaban J connectivity index is 1.42. The quantitative estimate of drug-likeness (QED) is 0.375. The zero-order valence-electron chi connectivity index (χ0n) is 19.1. The predicted molar refractivity (Wildman–Crippen MR) is 140 cm³/mol. The smallest absolute Gasteiger partial charge is 0.234 e. The van der Waals surface area contributed by atoms with E-state index < -0.39 is 0 Å². The molecule has 3 aromatic heterocycles. The number of carbonyl (C=O) groups is 1. The molecule has 1 saturated heterocycles. The first kappa shape index (κ1) is 22.9. The summed E-state index contributed by atoms with van der Waals surface area (Å²) in [4.78, 5) is 28.8. The Labute approximate surface area is 207 Å². The van der Waals surface area contributed by atoms with Crippen molar-refractivity contribution in [3.8, 4) is 21.8 Å². The van der Waals surface area contributed by atoms with E-state index in [0.29, 0.717) is 19.7 Å². The Morgan fingerprint density at radius 2 is 1.88 bits per heavy atom. The minimum absolute atomic E-state index is 0.0408. The highest BCUT2D eigenvalue weighted by molar-refractivity contribution is 7.17. The van der Waals surface area contributed by atoms with Crippen molar-refractivity contribution in [2.45, 2.75) is 0 Å². The summed E-state index contributed by atoms with van der Waals surface area (Å²) in [5, 5.41) is 8.27. The van der Waals surface area contributed by atoms with Crippen LogP contribution in [0.15, 0.2) is 53.2 Å². The first-order valence-corrected chi connectivity index (χ1v) is 13.1. The molecular weight excluding hydrogens is 466 g/mol. The lowest BCUT2D eigenvalue weighted by molar-refractivity contribution is -0.122. The van der Waals surface area contributed by atoms with Crippen LogP contribution in [0.25, 0.3) is 32.0 Å². The summed E-state index contributed by atoms with van der Waals surface area (Å²) in [6.45, 7) is 4.72. The normalized spacial score (nSPS) is 14.6. The molecule has 4 heterocycles. The zero-order chi connectivity index (χ0) is 23.3. The maximum Gasteiger partial charge on any atom is 0.234 e. The number of aromatic nitrogens is 2. The van der Waals surface area contributed by atoms with Crippen LogP contribution >= 0.6 is 22.7 Å². The highest BCUT2D eigenvalue weighted by Crippen LogP contribution is 2.40. The lowest BCUT2D eigenvalue weighted by atomic mass is 10.1. The Hall–Kier alpha value is -2.85. The number of nitrogens with zero attached hydrogens (tertiary/aromatic N) is 4. The summed E-state index contributed by atoms with van der Waals surface area (Å²) in [5.74, 6) is 1.80. The van der Waals surface area contributed by atoms with Crippen LogP contribution in [0.2, 0.25) is 0 Å². The fraction of sp³-hybridized carbons (Fsp3) is 0.320. The minimum Gasteiger partial charge on any atom is -0.383 e. The Bertz CT molecular complexity index is 1240. The third kappa shape index (κ3) is 4.97. The van der Waals surface area contributed by atoms with Crippen molar-refractivity contribution < 1.29 is 9.53 Å². The van der Waals surface area contributed by atoms with E-state index in [1.165, 1.54) is 11.1 Å². The van der Waals surface area contributed by atoms with E-state index >= 15 is 0 Å². The standard InChI is InChI=1S/C25H27N5O2S2/c1-32-14-9-26-21(31)16-29-10-12-30(13-11-29)24-22-19(18-6-3-2-4-7-18)17-34-25(22)28-23(27-24)20-8-5-15-33-20/h2-8,15,17H,9-14,16H2,1H3,(H,26,31). The molecular formula is C25H27N5O2S2. The molecule has 7 nitrogen and oxygen atoms in total. The summed E-state index contributed by atoms with van der Waals surface area (Å²) in [6.07, 6.45) is 0. The van der Waals surface area contributed by atoms with Gasteiger partial charge in [-0.25, -0.2) is 9.97 Å². The summed E-state index contributed by atoms with van der Waals surface area (Å²) >= 11 is 3.33. The number of carbonyl (C=O) groups excluding carboxylic acids is 1. The van der Waals surface area contributed by atoms with Gasteiger partial charge in [-0.2, -0.15) is 0 Å². The van der Waals surface area contributed by atoms with Crippen LogP contribution in [-0.2, 0) is 9.53 Å². The number of ether oxygens (including phenoxy) is 1. The number of fused-ring (bicyclic) bond motifs is 1. The molecule has 0 bridgehead atoms. The van der Waals surface area contributed by atoms with Gasteiger partial charge in [-0.1, -0.05) is 36.4 Å². The van der Waals surface area contributed by atoms with Crippen molar-refractivity contribution >= 4 is 44.6 Å². The van der Waals surface area contributed by atoms with Crippen molar-refractivity contribution in [3.05, 3.63) is 53.2 Å². The second-order valence-corrected chi connectivity index (χ2v) is 9.96. The lowest BCUT2D eigenvalue weighted by Gasteiger charge is -2.35. The molecule has 1 fully saturated rings. The molecule has 176 valence electrons. The van der Waals surface area contributed by atoms with E-state index in [2.05, 4.69) is 56.2 Å². The van der Waals surface area contributed by atoms with Crippen molar-refractivity contribution in [1.82, 2.24) is 20.2 Å². The van der Waals surface area contributed by atoms with Gasteiger partial charge in [0.2, 0.25) is 5.91 Å². The number of piperazine rings is 1. The summed E-state index contributed by atoms with van der Waals surface area (Å²) in [6, 6.07) is 14.5. The van der Waals surface area contributed by atoms with Crippen molar-refractivity contribution in [3.63, 3.8) is 0 Å². The zero-order valence-corrected chi connectivity index (χ0v) is 20.7. The van der Waals surface area contributed by atoms with Crippen LogP contribution in [0.1, 0.15) is 0 Å². The van der Waals surface area contributed by atoms with Crippen LogP contribution in [0, 0.1) is 0 Å². The first-order chi connectivity index (χ1) is 16.7. The average molecular weight is 494 g/mol. The molecule has 1 aliphatic heterocycles. The van der Waals surface area contributed by atoms with E-state index in [1.807, 2.05) is 12.1 Å². The molecule has 0 atom stereocenters. The van der Waals surface area contributed by atoms with E-state index in [4.69, 9.17) is 14.7 Å². The predicted octanol–water partition coefficient (Wildman–Crippen LogP) is 3.97. The van der Waals surface area contributed by atoms with E-state index in [0.717, 1.165) is 52.9 Å². The van der Waals surface area contributed by atoms with Crippen LogP contribution in [0.4, 0.5) is 5.82 Å². The van der Waals surface area contributed by atoms with Gasteiger partial charge in [0.05, 0.1) is 23.4 Å². The molecule has 0 spiro atoms. The molecule has 1 aliphatic rings. The summed E-state index contributed by atoms with van der Waals surface area (Å²) in [7, 11) is 1.63. The van der Waals surface area contributed by atoms with Gasteiger partial charge in [0, 0.05) is 50.8 Å². The van der Waals surface area contributed by atoms with Crippen molar-refractivity contribution in [2.75, 3.05) is 57.9 Å². The molecule has 5 rings (SSSR count). The lowest BCUT2D eigenvalue weighted by Crippen LogP contribution is -2.50. The maximum absolute atomic E-state index is 12.2. The molecule has 9 heteroatoms. The highest BCUT2D eigenvalue weighted by Gasteiger charge is 2.25. The summed E-state index contributed by atoms with van der Waals surface area (Å²) < 4.78 is 5.01. The molecule has 34 heavy (non-hydrogen) atoms. The second kappa shape index (κ2) is 10.6. The van der Waals surface area contributed by atoms with Gasteiger partial charge in [-0.3, -0.25) is 9.69 Å². The van der Waals surface area contributed by atoms with Gasteiger partial charge in [-0.15, -0.1) is 22.7 Å². The summed E-state index contributed by atoms with van der Waals surface area (Å²) in [5.41, 5.74) is 2.35. The average Bonchev–Trinajstić information content (AvgIpc) is 3.55. The number of methoxy groups -OCH3 is 1. The molecule has 0 saturated carbocycles. The van der Waals surface area contributed by atoms with Crippen LogP contribution in [0.3, 0.4) is 0 Å². The third-order valence-corrected chi connectivity index (χ3v) is 7.65. The van der Waals surface area contributed by atoms with Gasteiger partial charge in [0.25, 0.3) is 0 Å².